The van der Waals surface area contributed by atoms with Crippen molar-refractivity contribution in [3.8, 4) is 0 Å². The minimum Gasteiger partial charge on any atom is -0.411 e. The Hall–Kier alpha value is -2.47. The first-order valence-corrected chi connectivity index (χ1v) is 9.68. The first-order chi connectivity index (χ1) is 13.0. The van der Waals surface area contributed by atoms with E-state index in [1.165, 1.54) is 0 Å². The van der Waals surface area contributed by atoms with Gasteiger partial charge in [-0.05, 0) is 31.2 Å². The maximum absolute atomic E-state index is 9.22. The highest BCUT2D eigenvalue weighted by Gasteiger charge is 2.17. The van der Waals surface area contributed by atoms with Gasteiger partial charge >= 0.3 is 0 Å². The van der Waals surface area contributed by atoms with Crippen molar-refractivity contribution in [3.05, 3.63) is 36.3 Å². The van der Waals surface area contributed by atoms with E-state index in [9.17, 15) is 5.21 Å². The number of rotatable bonds is 8. The lowest BCUT2D eigenvalue weighted by Crippen LogP contribution is -2.11. The van der Waals surface area contributed by atoms with Gasteiger partial charge in [0.05, 0.1) is 28.8 Å². The largest absolute Gasteiger partial charge is 0.411 e. The Morgan fingerprint density at radius 1 is 1.26 bits per heavy atom. The summed E-state index contributed by atoms with van der Waals surface area (Å²) >= 11 is 0. The SMILES string of the molecule is CC(C)CC(CCCn1cnc2c(C(C)CN)nc3ccccc3c21)=NO. The summed E-state index contributed by atoms with van der Waals surface area (Å²) in [7, 11) is 0. The molecule has 3 N–H and O–H groups in total. The molecule has 0 spiro atoms. The lowest BCUT2D eigenvalue weighted by atomic mass is 10.0. The van der Waals surface area contributed by atoms with Crippen LogP contribution in [-0.2, 0) is 6.54 Å². The minimum atomic E-state index is 0.152. The molecular weight excluding hydrogens is 338 g/mol. The molecule has 1 aromatic carbocycles. The van der Waals surface area contributed by atoms with Crippen molar-refractivity contribution in [1.29, 1.82) is 0 Å². The molecule has 1 atom stereocenters. The van der Waals surface area contributed by atoms with E-state index in [1.807, 2.05) is 24.5 Å². The van der Waals surface area contributed by atoms with E-state index in [4.69, 9.17) is 10.7 Å². The summed E-state index contributed by atoms with van der Waals surface area (Å²) < 4.78 is 2.19. The highest BCUT2D eigenvalue weighted by atomic mass is 16.4. The zero-order valence-corrected chi connectivity index (χ0v) is 16.4. The number of fused-ring (bicyclic) bond motifs is 3. The maximum Gasteiger partial charge on any atom is 0.111 e. The predicted molar refractivity (Wildman–Crippen MR) is 110 cm³/mol. The van der Waals surface area contributed by atoms with Gasteiger partial charge in [0.1, 0.15) is 5.52 Å². The van der Waals surface area contributed by atoms with Crippen molar-refractivity contribution in [3.63, 3.8) is 0 Å². The van der Waals surface area contributed by atoms with Gasteiger partial charge in [-0.3, -0.25) is 4.98 Å². The second-order valence-corrected chi connectivity index (χ2v) is 7.65. The highest BCUT2D eigenvalue weighted by molar-refractivity contribution is 6.03. The number of hydrogen-bond acceptors (Lipinski definition) is 5. The van der Waals surface area contributed by atoms with Crippen LogP contribution in [0, 0.1) is 5.92 Å². The van der Waals surface area contributed by atoms with E-state index in [-0.39, 0.29) is 5.92 Å². The lowest BCUT2D eigenvalue weighted by molar-refractivity contribution is 0.314. The second-order valence-electron chi connectivity index (χ2n) is 7.65. The molecule has 27 heavy (non-hydrogen) atoms. The van der Waals surface area contributed by atoms with E-state index in [0.29, 0.717) is 12.5 Å². The zero-order chi connectivity index (χ0) is 19.4. The average molecular weight is 367 g/mol. The Bertz CT molecular complexity index is 944. The Balaban J connectivity index is 1.94. The molecule has 144 valence electrons. The van der Waals surface area contributed by atoms with E-state index in [0.717, 1.165) is 59.1 Å². The number of oxime groups is 1. The van der Waals surface area contributed by atoms with Gasteiger partial charge in [-0.25, -0.2) is 4.98 Å². The third kappa shape index (κ3) is 4.11. The number of benzene rings is 1. The molecule has 0 amide bonds. The fourth-order valence-corrected chi connectivity index (χ4v) is 3.55. The molecule has 6 heteroatoms. The quantitative estimate of drug-likeness (QED) is 0.353. The van der Waals surface area contributed by atoms with Crippen molar-refractivity contribution < 1.29 is 5.21 Å². The van der Waals surface area contributed by atoms with Gasteiger partial charge in [-0.15, -0.1) is 0 Å². The summed E-state index contributed by atoms with van der Waals surface area (Å²) in [4.78, 5) is 9.50. The molecule has 6 nitrogen and oxygen atoms in total. The van der Waals surface area contributed by atoms with Gasteiger partial charge < -0.3 is 15.5 Å². The van der Waals surface area contributed by atoms with Crippen molar-refractivity contribution in [1.82, 2.24) is 14.5 Å². The Labute approximate surface area is 160 Å². The molecule has 0 radical (unpaired) electrons. The summed E-state index contributed by atoms with van der Waals surface area (Å²) in [5, 5.41) is 13.8. The fraction of sp³-hybridized carbons (Fsp3) is 0.476. The third-order valence-corrected chi connectivity index (χ3v) is 4.95. The molecule has 3 rings (SSSR count). The molecule has 3 aromatic rings. The number of aryl methyl sites for hydroxylation is 1. The van der Waals surface area contributed by atoms with Crippen LogP contribution < -0.4 is 5.73 Å². The monoisotopic (exact) mass is 367 g/mol. The van der Waals surface area contributed by atoms with Crippen LogP contribution in [-0.4, -0.2) is 32.0 Å². The van der Waals surface area contributed by atoms with E-state index >= 15 is 0 Å². The standard InChI is InChI=1S/C21H29N5O/c1-14(2)11-16(25-27)7-6-10-26-13-23-20-19(15(3)12-22)24-18-9-5-4-8-17(18)21(20)26/h4-5,8-9,13-15,27H,6-7,10-12,22H2,1-3H3. The summed E-state index contributed by atoms with van der Waals surface area (Å²) in [6, 6.07) is 8.18. The molecule has 0 aliphatic carbocycles. The number of pyridine rings is 1. The lowest BCUT2D eigenvalue weighted by Gasteiger charge is -2.13. The third-order valence-electron chi connectivity index (χ3n) is 4.95. The van der Waals surface area contributed by atoms with Crippen LogP contribution in [0.3, 0.4) is 0 Å². The minimum absolute atomic E-state index is 0.152. The van der Waals surface area contributed by atoms with Crippen LogP contribution in [0.5, 0.6) is 0 Å². The van der Waals surface area contributed by atoms with E-state index in [2.05, 4.69) is 41.5 Å². The van der Waals surface area contributed by atoms with E-state index < -0.39 is 0 Å². The number of nitrogens with zero attached hydrogens (tertiary/aromatic N) is 4. The van der Waals surface area contributed by atoms with Crippen LogP contribution in [0.2, 0.25) is 0 Å². The first kappa shape index (κ1) is 19.3. The van der Waals surface area contributed by atoms with Gasteiger partial charge in [-0.1, -0.05) is 44.1 Å². The number of hydrogen-bond donors (Lipinski definition) is 2. The molecule has 2 heterocycles. The molecule has 2 aromatic heterocycles. The maximum atomic E-state index is 9.22. The van der Waals surface area contributed by atoms with Crippen molar-refractivity contribution in [2.45, 2.75) is 52.5 Å². The number of para-hydroxylation sites is 1. The molecule has 0 aliphatic rings. The van der Waals surface area contributed by atoms with Gasteiger partial charge in [0, 0.05) is 24.4 Å². The molecule has 0 fully saturated rings. The predicted octanol–water partition coefficient (Wildman–Crippen LogP) is 4.30. The first-order valence-electron chi connectivity index (χ1n) is 9.68. The smallest absolute Gasteiger partial charge is 0.111 e. The van der Waals surface area contributed by atoms with Crippen molar-refractivity contribution in [2.75, 3.05) is 6.54 Å². The van der Waals surface area contributed by atoms with Gasteiger partial charge in [-0.2, -0.15) is 0 Å². The van der Waals surface area contributed by atoms with Crippen LogP contribution >= 0.6 is 0 Å². The second kappa shape index (κ2) is 8.48. The topological polar surface area (TPSA) is 89.3 Å². The summed E-state index contributed by atoms with van der Waals surface area (Å²) in [5.41, 5.74) is 10.7. The van der Waals surface area contributed by atoms with Crippen LogP contribution in [0.15, 0.2) is 35.7 Å². The van der Waals surface area contributed by atoms with Crippen molar-refractivity contribution >= 4 is 27.6 Å². The number of nitrogens with two attached hydrogens (primary N) is 1. The Morgan fingerprint density at radius 2 is 2.04 bits per heavy atom. The summed E-state index contributed by atoms with van der Waals surface area (Å²) in [6.45, 7) is 7.71. The van der Waals surface area contributed by atoms with Crippen LogP contribution in [0.4, 0.5) is 0 Å². The van der Waals surface area contributed by atoms with Gasteiger partial charge in [0.15, 0.2) is 0 Å². The van der Waals surface area contributed by atoms with Gasteiger partial charge in [0.25, 0.3) is 0 Å². The molecule has 0 aliphatic heterocycles. The summed E-state index contributed by atoms with van der Waals surface area (Å²) in [6.07, 6.45) is 4.40. The fourth-order valence-electron chi connectivity index (χ4n) is 3.55. The van der Waals surface area contributed by atoms with Crippen LogP contribution in [0.1, 0.15) is 51.6 Å². The molecule has 0 saturated heterocycles. The number of aromatic nitrogens is 3. The Kier molecular flexibility index (Phi) is 6.06. The van der Waals surface area contributed by atoms with E-state index in [1.54, 1.807) is 0 Å². The zero-order valence-electron chi connectivity index (χ0n) is 16.4. The molecule has 0 bridgehead atoms. The normalized spacial score (nSPS) is 13.7. The molecule has 0 saturated carbocycles. The summed E-state index contributed by atoms with van der Waals surface area (Å²) in [5.74, 6) is 0.639. The van der Waals surface area contributed by atoms with Gasteiger partial charge in [0.2, 0.25) is 0 Å². The Morgan fingerprint density at radius 3 is 2.74 bits per heavy atom. The van der Waals surface area contributed by atoms with Crippen LogP contribution in [0.25, 0.3) is 21.9 Å². The molecular formula is C21H29N5O. The molecule has 1 unspecified atom stereocenters. The number of imidazole rings is 1. The van der Waals surface area contributed by atoms with Crippen molar-refractivity contribution in [2.24, 2.45) is 16.8 Å². The highest BCUT2D eigenvalue weighted by Crippen LogP contribution is 2.29. The average Bonchev–Trinajstić information content (AvgIpc) is 3.10.